The number of para-hydroxylation sites is 1. The van der Waals surface area contributed by atoms with Crippen LogP contribution in [-0.2, 0) is 20.1 Å². The van der Waals surface area contributed by atoms with Gasteiger partial charge in [-0.25, -0.2) is 0 Å². The average molecular weight is 496 g/mol. The maximum Gasteiger partial charge on any atom is 0.387 e. The molecular weight excluding hydrogens is 473 g/mol. The van der Waals surface area contributed by atoms with Gasteiger partial charge >= 0.3 is 6.61 Å². The lowest BCUT2D eigenvalue weighted by atomic mass is 10.2. The molecule has 0 atom stereocenters. The van der Waals surface area contributed by atoms with Crippen molar-refractivity contribution in [2.45, 2.75) is 26.6 Å². The van der Waals surface area contributed by atoms with Crippen LogP contribution in [-0.4, -0.2) is 41.0 Å². The van der Waals surface area contributed by atoms with Gasteiger partial charge in [-0.05, 0) is 13.0 Å². The summed E-state index contributed by atoms with van der Waals surface area (Å²) < 4.78 is 37.3. The van der Waals surface area contributed by atoms with E-state index in [4.69, 9.17) is 4.74 Å². The van der Waals surface area contributed by atoms with E-state index in [1.54, 1.807) is 43.1 Å². The summed E-state index contributed by atoms with van der Waals surface area (Å²) in [5.41, 5.74) is 0.526. The zero-order valence-electron chi connectivity index (χ0n) is 15.3. The highest BCUT2D eigenvalue weighted by Gasteiger charge is 2.16. The van der Waals surface area contributed by atoms with E-state index in [1.807, 2.05) is 7.05 Å². The lowest BCUT2D eigenvalue weighted by Crippen LogP contribution is -2.37. The monoisotopic (exact) mass is 496 g/mol. The molecule has 0 radical (unpaired) electrons. The molecule has 0 aliphatic rings. The van der Waals surface area contributed by atoms with Crippen LogP contribution in [0.5, 0.6) is 11.5 Å². The number of hydrogen-bond donors (Lipinski definition) is 2. The molecular formula is C16H23F2IN6O2. The molecule has 1 aromatic heterocycles. The Hall–Kier alpha value is -2.18. The highest BCUT2D eigenvalue weighted by Crippen LogP contribution is 2.32. The number of hydrogen-bond acceptors (Lipinski definition) is 5. The van der Waals surface area contributed by atoms with Crippen molar-refractivity contribution in [3.63, 3.8) is 0 Å². The predicted molar refractivity (Wildman–Crippen MR) is 108 cm³/mol. The van der Waals surface area contributed by atoms with E-state index in [0.717, 1.165) is 5.82 Å². The molecule has 11 heteroatoms. The van der Waals surface area contributed by atoms with E-state index >= 15 is 0 Å². The first-order valence-electron chi connectivity index (χ1n) is 8.02. The van der Waals surface area contributed by atoms with Crippen molar-refractivity contribution in [2.75, 3.05) is 13.7 Å². The lowest BCUT2D eigenvalue weighted by molar-refractivity contribution is -0.0520. The standard InChI is InChI=1S/C16H22F2N6O2.HI/c1-4-25-12-7-5-6-11(14(12)26-15(17)18)8-20-16(19-2)21-9-13-23-22-10-24(13)3;/h5-7,10,15H,4,8-9H2,1-3H3,(H2,19,20,21);1H. The first-order valence-corrected chi connectivity index (χ1v) is 8.02. The number of aliphatic imine (C=N–C) groups is 1. The topological polar surface area (TPSA) is 85.6 Å². The molecule has 0 spiro atoms. The van der Waals surface area contributed by atoms with Crippen LogP contribution in [0.15, 0.2) is 29.5 Å². The second kappa shape index (κ2) is 11.5. The highest BCUT2D eigenvalue weighted by molar-refractivity contribution is 14.0. The van der Waals surface area contributed by atoms with E-state index in [1.165, 1.54) is 0 Å². The van der Waals surface area contributed by atoms with Crippen LogP contribution >= 0.6 is 24.0 Å². The van der Waals surface area contributed by atoms with Crippen molar-refractivity contribution in [2.24, 2.45) is 12.0 Å². The Morgan fingerprint density at radius 3 is 2.63 bits per heavy atom. The van der Waals surface area contributed by atoms with E-state index in [-0.39, 0.29) is 42.0 Å². The summed E-state index contributed by atoms with van der Waals surface area (Å²) >= 11 is 0. The summed E-state index contributed by atoms with van der Waals surface area (Å²) in [6.45, 7) is -0.187. The van der Waals surface area contributed by atoms with E-state index in [9.17, 15) is 8.78 Å². The second-order valence-electron chi connectivity index (χ2n) is 5.19. The van der Waals surface area contributed by atoms with Gasteiger partial charge in [-0.2, -0.15) is 8.78 Å². The SMILES string of the molecule is CCOc1cccc(CNC(=NC)NCc2nncn2C)c1OC(F)F.I. The number of alkyl halides is 2. The number of benzene rings is 1. The highest BCUT2D eigenvalue weighted by atomic mass is 127. The number of rotatable bonds is 8. The summed E-state index contributed by atoms with van der Waals surface area (Å²) in [6, 6.07) is 4.99. The zero-order chi connectivity index (χ0) is 18.9. The van der Waals surface area contributed by atoms with E-state index in [0.29, 0.717) is 24.7 Å². The minimum absolute atomic E-state index is 0. The molecule has 0 saturated heterocycles. The average Bonchev–Trinajstić information content (AvgIpc) is 3.02. The molecule has 0 unspecified atom stereocenters. The zero-order valence-corrected chi connectivity index (χ0v) is 17.6. The molecule has 27 heavy (non-hydrogen) atoms. The minimum atomic E-state index is -2.94. The third-order valence-corrected chi connectivity index (χ3v) is 3.46. The largest absolute Gasteiger partial charge is 0.490 e. The molecule has 2 N–H and O–H groups in total. The molecule has 1 heterocycles. The molecule has 0 aliphatic heterocycles. The molecule has 0 saturated carbocycles. The van der Waals surface area contributed by atoms with Gasteiger partial charge in [0.2, 0.25) is 0 Å². The quantitative estimate of drug-likeness (QED) is 0.332. The van der Waals surface area contributed by atoms with E-state index in [2.05, 4.69) is 30.6 Å². The molecule has 0 fully saturated rings. The van der Waals surface area contributed by atoms with E-state index < -0.39 is 6.61 Å². The first-order chi connectivity index (χ1) is 12.5. The number of aromatic nitrogens is 3. The Kier molecular flexibility index (Phi) is 9.75. The fourth-order valence-corrected chi connectivity index (χ4v) is 2.22. The predicted octanol–water partition coefficient (Wildman–Crippen LogP) is 2.30. The molecule has 2 rings (SSSR count). The Labute approximate surface area is 173 Å². The Morgan fingerprint density at radius 2 is 2.04 bits per heavy atom. The molecule has 0 aliphatic carbocycles. The fraction of sp³-hybridized carbons (Fsp3) is 0.438. The number of aryl methyl sites for hydroxylation is 1. The number of ether oxygens (including phenoxy) is 2. The van der Waals surface area contributed by atoms with Crippen molar-refractivity contribution in [1.29, 1.82) is 0 Å². The van der Waals surface area contributed by atoms with Gasteiger partial charge in [0, 0.05) is 26.2 Å². The van der Waals surface area contributed by atoms with Crippen LogP contribution in [0.25, 0.3) is 0 Å². The Morgan fingerprint density at radius 1 is 1.30 bits per heavy atom. The van der Waals surface area contributed by atoms with Gasteiger partial charge in [0.25, 0.3) is 0 Å². The van der Waals surface area contributed by atoms with Gasteiger partial charge in [-0.3, -0.25) is 4.99 Å². The third-order valence-electron chi connectivity index (χ3n) is 3.46. The summed E-state index contributed by atoms with van der Waals surface area (Å²) in [5, 5.41) is 13.9. The van der Waals surface area contributed by atoms with Crippen LogP contribution in [0, 0.1) is 0 Å². The maximum absolute atomic E-state index is 12.8. The fourth-order valence-electron chi connectivity index (χ4n) is 2.22. The third kappa shape index (κ3) is 6.81. The summed E-state index contributed by atoms with van der Waals surface area (Å²) in [6.07, 6.45) is 1.60. The number of nitrogens with zero attached hydrogens (tertiary/aromatic N) is 4. The van der Waals surface area contributed by atoms with Crippen molar-refractivity contribution >= 4 is 29.9 Å². The van der Waals surface area contributed by atoms with Crippen LogP contribution in [0.4, 0.5) is 8.78 Å². The molecule has 8 nitrogen and oxygen atoms in total. The van der Waals surface area contributed by atoms with Gasteiger partial charge in [0.15, 0.2) is 23.3 Å². The first kappa shape index (κ1) is 22.9. The molecule has 150 valence electrons. The number of halogens is 3. The van der Waals surface area contributed by atoms with Crippen molar-refractivity contribution < 1.29 is 18.3 Å². The van der Waals surface area contributed by atoms with Crippen LogP contribution in [0.2, 0.25) is 0 Å². The summed E-state index contributed by atoms with van der Waals surface area (Å²) in [4.78, 5) is 4.10. The Bertz CT molecular complexity index is 741. The molecule has 0 amide bonds. The maximum atomic E-state index is 12.8. The number of guanidine groups is 1. The molecule has 0 bridgehead atoms. The van der Waals surface area contributed by atoms with Gasteiger partial charge in [0.05, 0.1) is 13.2 Å². The molecule has 1 aromatic carbocycles. The number of nitrogens with one attached hydrogen (secondary N) is 2. The van der Waals surface area contributed by atoms with Gasteiger partial charge in [-0.15, -0.1) is 34.2 Å². The Balaban J connectivity index is 0.00000364. The smallest absolute Gasteiger partial charge is 0.387 e. The summed E-state index contributed by atoms with van der Waals surface area (Å²) in [5.74, 6) is 1.50. The van der Waals surface area contributed by atoms with Crippen LogP contribution < -0.4 is 20.1 Å². The minimum Gasteiger partial charge on any atom is -0.490 e. The normalized spacial score (nSPS) is 11.1. The van der Waals surface area contributed by atoms with Gasteiger partial charge in [0.1, 0.15) is 6.33 Å². The van der Waals surface area contributed by atoms with Crippen molar-refractivity contribution in [3.05, 3.63) is 35.9 Å². The van der Waals surface area contributed by atoms with Crippen LogP contribution in [0.3, 0.4) is 0 Å². The van der Waals surface area contributed by atoms with Crippen LogP contribution in [0.1, 0.15) is 18.3 Å². The molecule has 2 aromatic rings. The van der Waals surface area contributed by atoms with Crippen molar-refractivity contribution in [3.8, 4) is 11.5 Å². The summed E-state index contributed by atoms with van der Waals surface area (Å²) in [7, 11) is 3.44. The van der Waals surface area contributed by atoms with Gasteiger partial charge < -0.3 is 24.7 Å². The lowest BCUT2D eigenvalue weighted by Gasteiger charge is -2.17. The second-order valence-corrected chi connectivity index (χ2v) is 5.19. The van der Waals surface area contributed by atoms with Gasteiger partial charge in [-0.1, -0.05) is 12.1 Å². The van der Waals surface area contributed by atoms with Crippen molar-refractivity contribution in [1.82, 2.24) is 25.4 Å².